The summed E-state index contributed by atoms with van der Waals surface area (Å²) in [5.74, 6) is 0.468. The van der Waals surface area contributed by atoms with Crippen LogP contribution in [0.4, 0.5) is 5.69 Å². The van der Waals surface area contributed by atoms with E-state index in [9.17, 15) is 5.11 Å². The number of rotatable bonds is 6. The molecule has 0 heterocycles. The van der Waals surface area contributed by atoms with Gasteiger partial charge in [-0.15, -0.1) is 0 Å². The second-order valence-corrected chi connectivity index (χ2v) is 6.30. The second-order valence-electron chi connectivity index (χ2n) is 4.58. The van der Waals surface area contributed by atoms with Crippen molar-refractivity contribution in [2.75, 3.05) is 18.5 Å². The van der Waals surface area contributed by atoms with E-state index in [0.717, 1.165) is 5.69 Å². The van der Waals surface area contributed by atoms with E-state index < -0.39 is 6.10 Å². The molecular formula is C15H13Cl4NO2. The third-order valence-electron chi connectivity index (χ3n) is 2.73. The predicted octanol–water partition coefficient (Wildman–Crippen LogP) is 5.15. The molecule has 0 radical (unpaired) electrons. The first-order valence-electron chi connectivity index (χ1n) is 6.40. The van der Waals surface area contributed by atoms with E-state index in [1.54, 1.807) is 36.4 Å². The first-order valence-corrected chi connectivity index (χ1v) is 7.91. The first-order chi connectivity index (χ1) is 10.4. The number of ether oxygens (including phenoxy) is 1. The maximum Gasteiger partial charge on any atom is 0.138 e. The molecule has 0 spiro atoms. The van der Waals surface area contributed by atoms with Crippen LogP contribution in [0.25, 0.3) is 0 Å². The van der Waals surface area contributed by atoms with Crippen LogP contribution in [0.3, 0.4) is 0 Å². The van der Waals surface area contributed by atoms with Gasteiger partial charge in [-0.25, -0.2) is 0 Å². The summed E-state index contributed by atoms with van der Waals surface area (Å²) >= 11 is 23.6. The molecule has 0 aliphatic rings. The van der Waals surface area contributed by atoms with Crippen molar-refractivity contribution in [3.8, 4) is 5.75 Å². The lowest BCUT2D eigenvalue weighted by molar-refractivity contribution is 0.117. The Kier molecular flexibility index (Phi) is 6.48. The molecule has 3 nitrogen and oxygen atoms in total. The largest absolute Gasteiger partial charge is 0.489 e. The van der Waals surface area contributed by atoms with Gasteiger partial charge in [0.15, 0.2) is 0 Å². The fourth-order valence-electron chi connectivity index (χ4n) is 1.73. The van der Waals surface area contributed by atoms with Crippen molar-refractivity contribution in [3.63, 3.8) is 0 Å². The summed E-state index contributed by atoms with van der Waals surface area (Å²) in [6.45, 7) is 0.366. The number of halogens is 4. The summed E-state index contributed by atoms with van der Waals surface area (Å²) in [6, 6.07) is 9.98. The molecule has 2 rings (SSSR count). The summed E-state index contributed by atoms with van der Waals surface area (Å²) in [5.41, 5.74) is 0.723. The third-order valence-corrected chi connectivity index (χ3v) is 3.70. The predicted molar refractivity (Wildman–Crippen MR) is 92.9 cm³/mol. The van der Waals surface area contributed by atoms with Crippen molar-refractivity contribution in [3.05, 3.63) is 56.5 Å². The Balaban J connectivity index is 1.84. The van der Waals surface area contributed by atoms with Gasteiger partial charge in [0.25, 0.3) is 0 Å². The number of aliphatic hydroxyl groups is 1. The highest BCUT2D eigenvalue weighted by atomic mass is 35.5. The molecule has 0 bridgehead atoms. The molecular weight excluding hydrogens is 368 g/mol. The molecule has 2 N–H and O–H groups in total. The van der Waals surface area contributed by atoms with Gasteiger partial charge in [-0.1, -0.05) is 46.4 Å². The molecule has 0 amide bonds. The zero-order valence-corrected chi connectivity index (χ0v) is 14.3. The maximum absolute atomic E-state index is 9.93. The molecule has 0 fully saturated rings. The first kappa shape index (κ1) is 17.5. The molecule has 1 atom stereocenters. The van der Waals surface area contributed by atoms with Crippen LogP contribution in [0.1, 0.15) is 0 Å². The molecule has 1 unspecified atom stereocenters. The van der Waals surface area contributed by atoms with Crippen molar-refractivity contribution in [1.29, 1.82) is 0 Å². The van der Waals surface area contributed by atoms with Gasteiger partial charge in [0, 0.05) is 27.3 Å². The summed E-state index contributed by atoms with van der Waals surface area (Å²) < 4.78 is 5.46. The van der Waals surface area contributed by atoms with Gasteiger partial charge in [0.05, 0.1) is 5.02 Å². The van der Waals surface area contributed by atoms with Gasteiger partial charge in [0.1, 0.15) is 18.5 Å². The monoisotopic (exact) mass is 379 g/mol. The average molecular weight is 381 g/mol. The van der Waals surface area contributed by atoms with Gasteiger partial charge >= 0.3 is 0 Å². The SMILES string of the molecule is OC(CNc1cc(Cl)cc(Cl)c1)COc1ccc(Cl)cc1Cl. The second kappa shape index (κ2) is 8.14. The van der Waals surface area contributed by atoms with Gasteiger partial charge in [-0.2, -0.15) is 0 Å². The molecule has 0 aromatic heterocycles. The number of anilines is 1. The number of aliphatic hydroxyl groups excluding tert-OH is 1. The zero-order chi connectivity index (χ0) is 16.1. The molecule has 0 aliphatic heterocycles. The number of hydrogen-bond donors (Lipinski definition) is 2. The van der Waals surface area contributed by atoms with E-state index in [2.05, 4.69) is 5.32 Å². The Morgan fingerprint density at radius 1 is 0.955 bits per heavy atom. The third kappa shape index (κ3) is 5.41. The highest BCUT2D eigenvalue weighted by Gasteiger charge is 2.08. The lowest BCUT2D eigenvalue weighted by Gasteiger charge is -2.15. The molecule has 7 heteroatoms. The maximum atomic E-state index is 9.93. The minimum absolute atomic E-state index is 0.0860. The lowest BCUT2D eigenvalue weighted by Crippen LogP contribution is -2.26. The van der Waals surface area contributed by atoms with Crippen molar-refractivity contribution in [1.82, 2.24) is 0 Å². The molecule has 2 aromatic rings. The standard InChI is InChI=1S/C15H13Cl4NO2/c16-9-1-2-15(14(19)6-9)22-8-13(21)7-20-12-4-10(17)3-11(18)5-12/h1-6,13,20-21H,7-8H2. The fraction of sp³-hybridized carbons (Fsp3) is 0.200. The van der Waals surface area contributed by atoms with E-state index >= 15 is 0 Å². The fourth-order valence-corrected chi connectivity index (χ4v) is 2.72. The van der Waals surface area contributed by atoms with Gasteiger partial charge in [0.2, 0.25) is 0 Å². The zero-order valence-electron chi connectivity index (χ0n) is 11.3. The highest BCUT2D eigenvalue weighted by molar-refractivity contribution is 6.35. The van der Waals surface area contributed by atoms with Crippen LogP contribution in [0.2, 0.25) is 20.1 Å². The Hall–Kier alpha value is -0.840. The molecule has 2 aromatic carbocycles. The summed E-state index contributed by atoms with van der Waals surface area (Å²) in [5, 5.41) is 14.9. The Morgan fingerprint density at radius 3 is 2.27 bits per heavy atom. The summed E-state index contributed by atoms with van der Waals surface area (Å²) in [6.07, 6.45) is -0.732. The van der Waals surface area contributed by atoms with Gasteiger partial charge < -0.3 is 15.2 Å². The van der Waals surface area contributed by atoms with E-state index in [4.69, 9.17) is 51.1 Å². The van der Waals surface area contributed by atoms with Gasteiger partial charge in [-0.3, -0.25) is 0 Å². The Labute approximate surface area is 148 Å². The van der Waals surface area contributed by atoms with E-state index in [-0.39, 0.29) is 13.2 Å². The van der Waals surface area contributed by atoms with Crippen LogP contribution >= 0.6 is 46.4 Å². The average Bonchev–Trinajstić information content (AvgIpc) is 2.43. The Bertz CT molecular complexity index is 631. The lowest BCUT2D eigenvalue weighted by atomic mass is 10.3. The topological polar surface area (TPSA) is 41.5 Å². The molecule has 0 saturated heterocycles. The van der Waals surface area contributed by atoms with Crippen LogP contribution < -0.4 is 10.1 Å². The number of hydrogen-bond acceptors (Lipinski definition) is 3. The molecule has 0 aliphatic carbocycles. The summed E-state index contributed by atoms with van der Waals surface area (Å²) in [4.78, 5) is 0. The molecule has 118 valence electrons. The van der Waals surface area contributed by atoms with Crippen LogP contribution in [-0.4, -0.2) is 24.4 Å². The minimum atomic E-state index is -0.732. The van der Waals surface area contributed by atoms with Crippen LogP contribution in [0, 0.1) is 0 Å². The molecule has 22 heavy (non-hydrogen) atoms. The van der Waals surface area contributed by atoms with Crippen LogP contribution in [0.15, 0.2) is 36.4 Å². The summed E-state index contributed by atoms with van der Waals surface area (Å²) in [7, 11) is 0. The van der Waals surface area contributed by atoms with E-state index in [0.29, 0.717) is 25.8 Å². The minimum Gasteiger partial charge on any atom is -0.489 e. The van der Waals surface area contributed by atoms with Crippen molar-refractivity contribution < 1.29 is 9.84 Å². The van der Waals surface area contributed by atoms with Crippen molar-refractivity contribution in [2.45, 2.75) is 6.10 Å². The van der Waals surface area contributed by atoms with E-state index in [1.807, 2.05) is 0 Å². The Morgan fingerprint density at radius 2 is 1.64 bits per heavy atom. The highest BCUT2D eigenvalue weighted by Crippen LogP contribution is 2.27. The van der Waals surface area contributed by atoms with Gasteiger partial charge in [-0.05, 0) is 36.4 Å². The van der Waals surface area contributed by atoms with Crippen molar-refractivity contribution >= 4 is 52.1 Å². The van der Waals surface area contributed by atoms with Crippen LogP contribution in [0.5, 0.6) is 5.75 Å². The van der Waals surface area contributed by atoms with Crippen LogP contribution in [-0.2, 0) is 0 Å². The normalized spacial score (nSPS) is 12.0. The van der Waals surface area contributed by atoms with Crippen molar-refractivity contribution in [2.24, 2.45) is 0 Å². The van der Waals surface area contributed by atoms with E-state index in [1.165, 1.54) is 0 Å². The smallest absolute Gasteiger partial charge is 0.138 e. The number of nitrogens with one attached hydrogen (secondary N) is 1. The number of benzene rings is 2. The molecule has 0 saturated carbocycles. The quantitative estimate of drug-likeness (QED) is 0.727.